The highest BCUT2D eigenvalue weighted by Crippen LogP contribution is 2.27. The first-order chi connectivity index (χ1) is 9.55. The van der Waals surface area contributed by atoms with Crippen molar-refractivity contribution in [3.8, 4) is 0 Å². The fourth-order valence-electron chi connectivity index (χ4n) is 2.60. The molecule has 1 nitrogen and oxygen atoms in total. The molecule has 0 fully saturated rings. The molecule has 106 valence electrons. The molecular weight excluding hydrogens is 312 g/mol. The van der Waals surface area contributed by atoms with E-state index in [4.69, 9.17) is 0 Å². The highest BCUT2D eigenvalue weighted by atomic mass is 79.9. The van der Waals surface area contributed by atoms with E-state index in [-0.39, 0.29) is 0 Å². The summed E-state index contributed by atoms with van der Waals surface area (Å²) in [5.41, 5.74) is 5.75. The summed E-state index contributed by atoms with van der Waals surface area (Å²) in [6.07, 6.45) is 1.47. The lowest BCUT2D eigenvalue weighted by atomic mass is 9.94. The first kappa shape index (κ1) is 15.3. The summed E-state index contributed by atoms with van der Waals surface area (Å²) in [5, 5.41) is 10.6. The average Bonchev–Trinajstić information content (AvgIpc) is 2.44. The van der Waals surface area contributed by atoms with E-state index in [9.17, 15) is 5.11 Å². The number of aliphatic hydroxyl groups excluding tert-OH is 1. The summed E-state index contributed by atoms with van der Waals surface area (Å²) in [5.74, 6) is 0. The molecule has 0 aliphatic carbocycles. The molecule has 0 radical (unpaired) electrons. The number of hydrogen-bond acceptors (Lipinski definition) is 1. The van der Waals surface area contributed by atoms with Gasteiger partial charge in [-0.2, -0.15) is 0 Å². The first-order valence-electron chi connectivity index (χ1n) is 7.12. The van der Waals surface area contributed by atoms with Gasteiger partial charge < -0.3 is 5.11 Å². The molecule has 0 aliphatic heterocycles. The van der Waals surface area contributed by atoms with E-state index in [0.717, 1.165) is 34.0 Å². The molecule has 0 heterocycles. The van der Waals surface area contributed by atoms with Crippen LogP contribution in [0.15, 0.2) is 40.9 Å². The zero-order chi connectivity index (χ0) is 14.7. The molecule has 0 bridgehead atoms. The van der Waals surface area contributed by atoms with Crippen LogP contribution in [-0.4, -0.2) is 5.11 Å². The predicted molar refractivity (Wildman–Crippen MR) is 88.1 cm³/mol. The number of benzene rings is 2. The molecule has 0 aliphatic rings. The molecule has 2 rings (SSSR count). The normalized spacial score (nSPS) is 12.4. The summed E-state index contributed by atoms with van der Waals surface area (Å²) in [6.45, 7) is 6.37. The second-order valence-corrected chi connectivity index (χ2v) is 6.12. The van der Waals surface area contributed by atoms with Crippen molar-refractivity contribution in [2.45, 2.75) is 39.7 Å². The molecule has 0 saturated carbocycles. The zero-order valence-corrected chi connectivity index (χ0v) is 13.9. The minimum absolute atomic E-state index is 0.567. The van der Waals surface area contributed by atoms with Gasteiger partial charge in [-0.3, -0.25) is 0 Å². The van der Waals surface area contributed by atoms with Crippen molar-refractivity contribution in [2.75, 3.05) is 0 Å². The largest absolute Gasteiger partial charge is 0.384 e. The van der Waals surface area contributed by atoms with Crippen LogP contribution in [0.25, 0.3) is 0 Å². The Hall–Kier alpha value is -1.12. The van der Waals surface area contributed by atoms with Crippen LogP contribution >= 0.6 is 15.9 Å². The van der Waals surface area contributed by atoms with E-state index >= 15 is 0 Å². The summed E-state index contributed by atoms with van der Waals surface area (Å²) >= 11 is 3.49. The molecule has 1 atom stereocenters. The Morgan fingerprint density at radius 1 is 0.950 bits per heavy atom. The highest BCUT2D eigenvalue weighted by molar-refractivity contribution is 9.10. The summed E-state index contributed by atoms with van der Waals surface area (Å²) in [6, 6.07) is 12.4. The first-order valence-corrected chi connectivity index (χ1v) is 7.91. The smallest absolute Gasteiger partial charge is 0.104 e. The molecule has 0 saturated heterocycles. The standard InChI is InChI=1S/C18H21BrO/c1-4-13-6-7-15(10-14(13)5-2)18(20)16-8-12(3)9-17(19)11-16/h6-11,18,20H,4-5H2,1-3H3. The van der Waals surface area contributed by atoms with Gasteiger partial charge in [-0.05, 0) is 59.7 Å². The molecule has 0 spiro atoms. The maximum atomic E-state index is 10.6. The maximum absolute atomic E-state index is 10.6. The van der Waals surface area contributed by atoms with Gasteiger partial charge in [0.05, 0.1) is 0 Å². The Labute approximate surface area is 129 Å². The third kappa shape index (κ3) is 3.31. The number of hydrogen-bond donors (Lipinski definition) is 1. The third-order valence-corrected chi connectivity index (χ3v) is 4.15. The summed E-state index contributed by atoms with van der Waals surface area (Å²) in [4.78, 5) is 0. The number of aliphatic hydroxyl groups is 1. The topological polar surface area (TPSA) is 20.2 Å². The van der Waals surface area contributed by atoms with Crippen molar-refractivity contribution < 1.29 is 5.11 Å². The van der Waals surface area contributed by atoms with Crippen molar-refractivity contribution in [2.24, 2.45) is 0 Å². The quantitative estimate of drug-likeness (QED) is 0.838. The summed E-state index contributed by atoms with van der Waals surface area (Å²) in [7, 11) is 0. The molecule has 0 amide bonds. The van der Waals surface area contributed by atoms with E-state index in [2.05, 4.69) is 41.9 Å². The number of halogens is 1. The van der Waals surface area contributed by atoms with Gasteiger partial charge in [-0.25, -0.2) is 0 Å². The molecule has 2 aromatic carbocycles. The van der Waals surface area contributed by atoms with Crippen LogP contribution in [0.5, 0.6) is 0 Å². The fourth-order valence-corrected chi connectivity index (χ4v) is 3.23. The van der Waals surface area contributed by atoms with Gasteiger partial charge in [0, 0.05) is 4.47 Å². The Bertz CT molecular complexity index is 584. The third-order valence-electron chi connectivity index (χ3n) is 3.69. The Balaban J connectivity index is 2.39. The van der Waals surface area contributed by atoms with Gasteiger partial charge in [-0.15, -0.1) is 0 Å². The lowest BCUT2D eigenvalue weighted by Crippen LogP contribution is -2.02. The monoisotopic (exact) mass is 332 g/mol. The minimum Gasteiger partial charge on any atom is -0.384 e. The average molecular weight is 333 g/mol. The molecule has 20 heavy (non-hydrogen) atoms. The van der Waals surface area contributed by atoms with E-state index in [1.54, 1.807) is 0 Å². The van der Waals surface area contributed by atoms with E-state index in [1.165, 1.54) is 11.1 Å². The maximum Gasteiger partial charge on any atom is 0.104 e. The van der Waals surface area contributed by atoms with Gasteiger partial charge in [0.25, 0.3) is 0 Å². The van der Waals surface area contributed by atoms with Crippen LogP contribution in [0.4, 0.5) is 0 Å². The molecule has 2 aromatic rings. The highest BCUT2D eigenvalue weighted by Gasteiger charge is 2.13. The number of aryl methyl sites for hydroxylation is 3. The lowest BCUT2D eigenvalue weighted by Gasteiger charge is -2.15. The van der Waals surface area contributed by atoms with Crippen LogP contribution in [0.1, 0.15) is 47.8 Å². The molecule has 1 unspecified atom stereocenters. The van der Waals surface area contributed by atoms with Crippen molar-refractivity contribution in [1.82, 2.24) is 0 Å². The van der Waals surface area contributed by atoms with Gasteiger partial charge in [0.1, 0.15) is 6.10 Å². The van der Waals surface area contributed by atoms with Crippen LogP contribution in [0.3, 0.4) is 0 Å². The molecular formula is C18H21BrO. The van der Waals surface area contributed by atoms with Gasteiger partial charge in [-0.1, -0.05) is 54.0 Å². The van der Waals surface area contributed by atoms with Crippen LogP contribution in [-0.2, 0) is 12.8 Å². The second-order valence-electron chi connectivity index (χ2n) is 5.20. The van der Waals surface area contributed by atoms with Crippen LogP contribution in [0.2, 0.25) is 0 Å². The van der Waals surface area contributed by atoms with Gasteiger partial charge >= 0.3 is 0 Å². The van der Waals surface area contributed by atoms with E-state index in [0.29, 0.717) is 0 Å². The molecule has 2 heteroatoms. The second kappa shape index (κ2) is 6.55. The minimum atomic E-state index is -0.567. The van der Waals surface area contributed by atoms with Crippen molar-refractivity contribution in [1.29, 1.82) is 0 Å². The van der Waals surface area contributed by atoms with E-state index in [1.807, 2.05) is 31.2 Å². The van der Waals surface area contributed by atoms with Crippen molar-refractivity contribution in [3.63, 3.8) is 0 Å². The Kier molecular flexibility index (Phi) is 5.00. The lowest BCUT2D eigenvalue weighted by molar-refractivity contribution is 0.220. The van der Waals surface area contributed by atoms with Gasteiger partial charge in [0.15, 0.2) is 0 Å². The van der Waals surface area contributed by atoms with Crippen LogP contribution in [0, 0.1) is 6.92 Å². The van der Waals surface area contributed by atoms with Crippen molar-refractivity contribution in [3.05, 3.63) is 68.7 Å². The van der Waals surface area contributed by atoms with Gasteiger partial charge in [0.2, 0.25) is 0 Å². The van der Waals surface area contributed by atoms with Crippen LogP contribution < -0.4 is 0 Å². The summed E-state index contributed by atoms with van der Waals surface area (Å²) < 4.78 is 1.01. The fraction of sp³-hybridized carbons (Fsp3) is 0.333. The zero-order valence-electron chi connectivity index (χ0n) is 12.3. The Morgan fingerprint density at radius 2 is 1.65 bits per heavy atom. The molecule has 0 aromatic heterocycles. The Morgan fingerprint density at radius 3 is 2.25 bits per heavy atom. The number of rotatable bonds is 4. The van der Waals surface area contributed by atoms with E-state index < -0.39 is 6.10 Å². The molecule has 1 N–H and O–H groups in total. The predicted octanol–water partition coefficient (Wildman–Crippen LogP) is 4.96. The SMILES string of the molecule is CCc1ccc(C(O)c2cc(C)cc(Br)c2)cc1CC. The van der Waals surface area contributed by atoms with Crippen molar-refractivity contribution >= 4 is 15.9 Å².